The summed E-state index contributed by atoms with van der Waals surface area (Å²) in [4.78, 5) is 19.9. The van der Waals surface area contributed by atoms with Crippen LogP contribution in [-0.4, -0.2) is 11.6 Å². The fourth-order valence-corrected chi connectivity index (χ4v) is 3.43. The second-order valence-corrected chi connectivity index (χ2v) is 7.25. The lowest BCUT2D eigenvalue weighted by molar-refractivity contribution is -0.120. The standard InChI is InChI=1S/C19H16Cl2FN5O2/c1-2-18(28)24-10-12-5-11(3-4-16(12)22)17-9-19(26-27-23,29-25-17)13-6-14(20)8-15(21)7-13/h3-8H,2,9-10H2,1H3,(H,24,28). The van der Waals surface area contributed by atoms with Gasteiger partial charge in [0.25, 0.3) is 0 Å². The highest BCUT2D eigenvalue weighted by atomic mass is 35.5. The Hall–Kier alpha value is -2.80. The van der Waals surface area contributed by atoms with Gasteiger partial charge in [0.1, 0.15) is 5.82 Å². The first-order valence-electron chi connectivity index (χ1n) is 8.70. The maximum Gasteiger partial charge on any atom is 0.246 e. The molecule has 1 aliphatic heterocycles. The van der Waals surface area contributed by atoms with Crippen molar-refractivity contribution in [1.29, 1.82) is 0 Å². The van der Waals surface area contributed by atoms with Gasteiger partial charge in [-0.05, 0) is 41.0 Å². The molecule has 1 heterocycles. The van der Waals surface area contributed by atoms with E-state index in [-0.39, 0.29) is 18.9 Å². The van der Waals surface area contributed by atoms with Crippen molar-refractivity contribution in [3.63, 3.8) is 0 Å². The number of carbonyl (C=O) groups is 1. The van der Waals surface area contributed by atoms with E-state index in [4.69, 9.17) is 33.6 Å². The Balaban J connectivity index is 1.90. The number of nitrogens with one attached hydrogen (secondary N) is 1. The van der Waals surface area contributed by atoms with Crippen LogP contribution in [0.25, 0.3) is 10.4 Å². The number of halogens is 3. The Morgan fingerprint density at radius 2 is 2.07 bits per heavy atom. The molecular weight excluding hydrogens is 420 g/mol. The molecule has 0 bridgehead atoms. The second-order valence-electron chi connectivity index (χ2n) is 6.37. The van der Waals surface area contributed by atoms with Gasteiger partial charge in [-0.15, -0.1) is 0 Å². The minimum Gasteiger partial charge on any atom is -0.377 e. The third kappa shape index (κ3) is 4.62. The molecule has 3 rings (SSSR count). The van der Waals surface area contributed by atoms with Crippen LogP contribution in [0.15, 0.2) is 46.7 Å². The van der Waals surface area contributed by atoms with E-state index in [1.165, 1.54) is 6.07 Å². The first kappa shape index (κ1) is 20.9. The summed E-state index contributed by atoms with van der Waals surface area (Å²) in [5.74, 6) is -0.635. The number of azide groups is 1. The molecule has 1 N–H and O–H groups in total. The monoisotopic (exact) mass is 435 g/mol. The average Bonchev–Trinajstić information content (AvgIpc) is 3.12. The fourth-order valence-electron chi connectivity index (χ4n) is 2.90. The Morgan fingerprint density at radius 3 is 2.72 bits per heavy atom. The zero-order chi connectivity index (χ0) is 21.0. The number of oxime groups is 1. The molecule has 10 heteroatoms. The molecule has 29 heavy (non-hydrogen) atoms. The molecule has 150 valence electrons. The summed E-state index contributed by atoms with van der Waals surface area (Å²) in [6.45, 7) is 1.76. The SMILES string of the molecule is CCC(=O)NCc1cc(C2=NOC(N=[N+]=[N-])(c3cc(Cl)cc(Cl)c3)C2)ccc1F. The van der Waals surface area contributed by atoms with Gasteiger partial charge in [-0.3, -0.25) is 4.79 Å². The van der Waals surface area contributed by atoms with E-state index in [9.17, 15) is 9.18 Å². The Morgan fingerprint density at radius 1 is 1.34 bits per heavy atom. The lowest BCUT2D eigenvalue weighted by atomic mass is 9.94. The van der Waals surface area contributed by atoms with Crippen LogP contribution in [0.3, 0.4) is 0 Å². The minimum absolute atomic E-state index is 0.0475. The first-order valence-corrected chi connectivity index (χ1v) is 9.46. The number of carbonyl (C=O) groups excluding carboxylic acids is 1. The summed E-state index contributed by atoms with van der Waals surface area (Å²) >= 11 is 12.1. The Kier molecular flexibility index (Phi) is 6.27. The van der Waals surface area contributed by atoms with Crippen molar-refractivity contribution in [3.05, 3.63) is 79.4 Å². The van der Waals surface area contributed by atoms with Gasteiger partial charge in [0, 0.05) is 51.0 Å². The van der Waals surface area contributed by atoms with E-state index < -0.39 is 11.5 Å². The van der Waals surface area contributed by atoms with Crippen LogP contribution in [0, 0.1) is 5.82 Å². The van der Waals surface area contributed by atoms with Gasteiger partial charge in [0.05, 0.1) is 5.71 Å². The molecule has 1 atom stereocenters. The normalized spacial score (nSPS) is 17.9. The van der Waals surface area contributed by atoms with Crippen molar-refractivity contribution < 1.29 is 14.0 Å². The molecule has 7 nitrogen and oxygen atoms in total. The topological polar surface area (TPSA) is 99.5 Å². The Labute approximate surface area is 176 Å². The predicted molar refractivity (Wildman–Crippen MR) is 108 cm³/mol. The van der Waals surface area contributed by atoms with Gasteiger partial charge in [0.2, 0.25) is 11.6 Å². The smallest absolute Gasteiger partial charge is 0.246 e. The van der Waals surface area contributed by atoms with E-state index in [0.29, 0.717) is 38.9 Å². The zero-order valence-electron chi connectivity index (χ0n) is 15.3. The minimum atomic E-state index is -1.45. The molecule has 0 saturated heterocycles. The van der Waals surface area contributed by atoms with Crippen LogP contribution in [0.5, 0.6) is 0 Å². The molecule has 0 fully saturated rings. The Bertz CT molecular complexity index is 1020. The predicted octanol–water partition coefficient (Wildman–Crippen LogP) is 5.45. The summed E-state index contributed by atoms with van der Waals surface area (Å²) in [7, 11) is 0. The summed E-state index contributed by atoms with van der Waals surface area (Å²) in [6, 6.07) is 9.11. The highest BCUT2D eigenvalue weighted by molar-refractivity contribution is 6.34. The molecule has 2 aromatic rings. The van der Waals surface area contributed by atoms with Gasteiger partial charge in [-0.2, -0.15) is 0 Å². The number of hydrogen-bond acceptors (Lipinski definition) is 4. The van der Waals surface area contributed by atoms with Crippen LogP contribution in [0.4, 0.5) is 4.39 Å². The fraction of sp³-hybridized carbons (Fsp3) is 0.263. The molecule has 1 unspecified atom stereocenters. The molecule has 0 aromatic heterocycles. The molecule has 0 radical (unpaired) electrons. The lowest BCUT2D eigenvalue weighted by Gasteiger charge is -2.21. The van der Waals surface area contributed by atoms with Crippen LogP contribution in [0.2, 0.25) is 10.0 Å². The molecule has 0 saturated carbocycles. The van der Waals surface area contributed by atoms with Crippen molar-refractivity contribution in [2.45, 2.75) is 32.0 Å². The van der Waals surface area contributed by atoms with E-state index in [1.54, 1.807) is 37.3 Å². The van der Waals surface area contributed by atoms with Crippen LogP contribution < -0.4 is 5.32 Å². The van der Waals surface area contributed by atoms with E-state index in [2.05, 4.69) is 20.5 Å². The average molecular weight is 436 g/mol. The van der Waals surface area contributed by atoms with Crippen LogP contribution in [-0.2, 0) is 21.9 Å². The number of amides is 1. The number of benzene rings is 2. The first-order chi connectivity index (χ1) is 13.9. The van der Waals surface area contributed by atoms with Crippen molar-refractivity contribution >= 4 is 34.8 Å². The highest BCUT2D eigenvalue weighted by Crippen LogP contribution is 2.40. The second kappa shape index (κ2) is 8.69. The molecular formula is C19H16Cl2FN5O2. The van der Waals surface area contributed by atoms with Gasteiger partial charge in [-0.1, -0.05) is 41.3 Å². The molecule has 1 amide bonds. The maximum atomic E-state index is 14.1. The summed E-state index contributed by atoms with van der Waals surface area (Å²) < 4.78 is 14.1. The van der Waals surface area contributed by atoms with Gasteiger partial charge >= 0.3 is 0 Å². The molecule has 0 spiro atoms. The lowest BCUT2D eigenvalue weighted by Crippen LogP contribution is -2.24. The molecule has 0 aliphatic carbocycles. The van der Waals surface area contributed by atoms with Crippen molar-refractivity contribution in [2.75, 3.05) is 0 Å². The largest absolute Gasteiger partial charge is 0.377 e. The van der Waals surface area contributed by atoms with Gasteiger partial charge < -0.3 is 10.2 Å². The van der Waals surface area contributed by atoms with E-state index in [1.807, 2.05) is 0 Å². The van der Waals surface area contributed by atoms with Crippen LogP contribution >= 0.6 is 23.2 Å². The highest BCUT2D eigenvalue weighted by Gasteiger charge is 2.41. The maximum absolute atomic E-state index is 14.1. The summed E-state index contributed by atoms with van der Waals surface area (Å²) in [6.07, 6.45) is 0.402. The van der Waals surface area contributed by atoms with E-state index in [0.717, 1.165) is 0 Å². The third-order valence-electron chi connectivity index (χ3n) is 4.41. The van der Waals surface area contributed by atoms with E-state index >= 15 is 0 Å². The number of rotatable bonds is 6. The molecule has 2 aromatic carbocycles. The quantitative estimate of drug-likeness (QED) is 0.370. The number of nitrogens with zero attached hydrogens (tertiary/aromatic N) is 4. The van der Waals surface area contributed by atoms with Crippen molar-refractivity contribution in [2.24, 2.45) is 10.3 Å². The van der Waals surface area contributed by atoms with Crippen molar-refractivity contribution in [3.8, 4) is 0 Å². The van der Waals surface area contributed by atoms with Crippen molar-refractivity contribution in [1.82, 2.24) is 5.32 Å². The van der Waals surface area contributed by atoms with Gasteiger partial charge in [-0.25, -0.2) is 4.39 Å². The third-order valence-corrected chi connectivity index (χ3v) is 4.85. The van der Waals surface area contributed by atoms with Gasteiger partial charge in [0.15, 0.2) is 0 Å². The van der Waals surface area contributed by atoms with Crippen LogP contribution in [0.1, 0.15) is 36.5 Å². The zero-order valence-corrected chi connectivity index (χ0v) is 16.8. The number of hydrogen-bond donors (Lipinski definition) is 1. The molecule has 1 aliphatic rings. The summed E-state index contributed by atoms with van der Waals surface area (Å²) in [5, 5.41) is 11.2. The summed E-state index contributed by atoms with van der Waals surface area (Å²) in [5.41, 5.74) is 9.38.